The number of carbonyl (C=O) groups is 1. The Morgan fingerprint density at radius 3 is 2.50 bits per heavy atom. The molecule has 0 spiro atoms. The Kier molecular flexibility index (Phi) is 5.03. The highest BCUT2D eigenvalue weighted by atomic mass is 35.5. The molecule has 2 aromatic rings. The van der Waals surface area contributed by atoms with Crippen molar-refractivity contribution in [3.05, 3.63) is 58.4 Å². The molecular weight excluding hydrogens is 303 g/mol. The van der Waals surface area contributed by atoms with Crippen LogP contribution >= 0.6 is 11.6 Å². The topological polar surface area (TPSA) is 41.1 Å². The van der Waals surface area contributed by atoms with Crippen molar-refractivity contribution >= 4 is 28.9 Å². The standard InChI is InChI=1S/C17H18ClFN2O/c1-10-4-6-14(8-11(10)2)20-12(3)17(22)21-16-7-5-13(18)9-15(16)19/h4-9,12,20H,1-3H3,(H,21,22). The summed E-state index contributed by atoms with van der Waals surface area (Å²) in [5, 5.41) is 5.94. The van der Waals surface area contributed by atoms with Crippen molar-refractivity contribution < 1.29 is 9.18 Å². The van der Waals surface area contributed by atoms with Gasteiger partial charge in [0.05, 0.1) is 5.69 Å². The molecule has 0 heterocycles. The number of hydrogen-bond acceptors (Lipinski definition) is 2. The number of halogens is 2. The molecule has 0 bridgehead atoms. The van der Waals surface area contributed by atoms with E-state index in [9.17, 15) is 9.18 Å². The lowest BCUT2D eigenvalue weighted by Crippen LogP contribution is -2.32. The van der Waals surface area contributed by atoms with Gasteiger partial charge < -0.3 is 10.6 Å². The molecule has 0 radical (unpaired) electrons. The molecule has 0 aliphatic rings. The minimum absolute atomic E-state index is 0.114. The van der Waals surface area contributed by atoms with E-state index in [1.807, 2.05) is 32.0 Å². The van der Waals surface area contributed by atoms with E-state index in [2.05, 4.69) is 10.6 Å². The molecule has 0 saturated carbocycles. The molecule has 22 heavy (non-hydrogen) atoms. The smallest absolute Gasteiger partial charge is 0.246 e. The van der Waals surface area contributed by atoms with E-state index in [-0.39, 0.29) is 16.6 Å². The van der Waals surface area contributed by atoms with E-state index < -0.39 is 11.9 Å². The van der Waals surface area contributed by atoms with Crippen LogP contribution in [-0.4, -0.2) is 11.9 Å². The first-order chi connectivity index (χ1) is 10.4. The largest absolute Gasteiger partial charge is 0.374 e. The number of anilines is 2. The zero-order valence-electron chi connectivity index (χ0n) is 12.7. The van der Waals surface area contributed by atoms with Crippen LogP contribution in [0.5, 0.6) is 0 Å². The fourth-order valence-corrected chi connectivity index (χ4v) is 2.14. The lowest BCUT2D eigenvalue weighted by Gasteiger charge is -2.16. The van der Waals surface area contributed by atoms with Gasteiger partial charge in [-0.15, -0.1) is 0 Å². The molecule has 1 amide bonds. The Morgan fingerprint density at radius 1 is 1.14 bits per heavy atom. The third kappa shape index (κ3) is 3.98. The summed E-state index contributed by atoms with van der Waals surface area (Å²) in [4.78, 5) is 12.1. The van der Waals surface area contributed by atoms with E-state index in [4.69, 9.17) is 11.6 Å². The first kappa shape index (κ1) is 16.3. The van der Waals surface area contributed by atoms with Crippen LogP contribution < -0.4 is 10.6 Å². The summed E-state index contributed by atoms with van der Waals surface area (Å²) in [6.07, 6.45) is 0. The third-order valence-electron chi connectivity index (χ3n) is 3.47. The van der Waals surface area contributed by atoms with E-state index in [1.165, 1.54) is 23.8 Å². The van der Waals surface area contributed by atoms with Crippen LogP contribution in [0.3, 0.4) is 0 Å². The molecule has 1 atom stereocenters. The number of carbonyl (C=O) groups excluding carboxylic acids is 1. The van der Waals surface area contributed by atoms with Crippen LogP contribution in [-0.2, 0) is 4.79 Å². The lowest BCUT2D eigenvalue weighted by molar-refractivity contribution is -0.116. The molecule has 0 saturated heterocycles. The first-order valence-corrected chi connectivity index (χ1v) is 7.34. The molecule has 0 aromatic heterocycles. The highest BCUT2D eigenvalue weighted by Crippen LogP contribution is 2.20. The molecule has 0 aliphatic carbocycles. The minimum atomic E-state index is -0.556. The monoisotopic (exact) mass is 320 g/mol. The summed E-state index contributed by atoms with van der Waals surface area (Å²) in [6, 6.07) is 9.51. The molecule has 5 heteroatoms. The summed E-state index contributed by atoms with van der Waals surface area (Å²) in [5.41, 5.74) is 3.29. The van der Waals surface area contributed by atoms with Gasteiger partial charge in [-0.25, -0.2) is 4.39 Å². The third-order valence-corrected chi connectivity index (χ3v) is 3.71. The van der Waals surface area contributed by atoms with Crippen LogP contribution in [0.4, 0.5) is 15.8 Å². The Labute approximate surface area is 134 Å². The van der Waals surface area contributed by atoms with Crippen molar-refractivity contribution in [2.75, 3.05) is 10.6 Å². The van der Waals surface area contributed by atoms with Crippen molar-refractivity contribution in [3.8, 4) is 0 Å². The van der Waals surface area contributed by atoms with Crippen molar-refractivity contribution in [2.45, 2.75) is 26.8 Å². The lowest BCUT2D eigenvalue weighted by atomic mass is 10.1. The highest BCUT2D eigenvalue weighted by Gasteiger charge is 2.15. The maximum Gasteiger partial charge on any atom is 0.246 e. The van der Waals surface area contributed by atoms with Crippen LogP contribution in [0.15, 0.2) is 36.4 Å². The zero-order valence-corrected chi connectivity index (χ0v) is 13.5. The predicted octanol–water partition coefficient (Wildman–Crippen LogP) is 4.54. The Bertz CT molecular complexity index is 703. The quantitative estimate of drug-likeness (QED) is 0.868. The number of rotatable bonds is 4. The van der Waals surface area contributed by atoms with Gasteiger partial charge in [0.1, 0.15) is 11.9 Å². The van der Waals surface area contributed by atoms with Gasteiger partial charge >= 0.3 is 0 Å². The van der Waals surface area contributed by atoms with E-state index >= 15 is 0 Å². The Morgan fingerprint density at radius 2 is 1.86 bits per heavy atom. The molecule has 2 N–H and O–H groups in total. The maximum absolute atomic E-state index is 13.7. The van der Waals surface area contributed by atoms with Crippen LogP contribution in [0, 0.1) is 19.7 Å². The van der Waals surface area contributed by atoms with Gasteiger partial charge in [0.25, 0.3) is 0 Å². The normalized spacial score (nSPS) is 11.9. The molecule has 1 unspecified atom stereocenters. The minimum Gasteiger partial charge on any atom is -0.374 e. The second kappa shape index (κ2) is 6.79. The summed E-state index contributed by atoms with van der Waals surface area (Å²) < 4.78 is 13.7. The van der Waals surface area contributed by atoms with E-state index in [0.717, 1.165) is 11.3 Å². The molecular formula is C17H18ClFN2O. The fourth-order valence-electron chi connectivity index (χ4n) is 1.98. The average Bonchev–Trinajstić information content (AvgIpc) is 2.45. The zero-order chi connectivity index (χ0) is 16.3. The molecule has 0 fully saturated rings. The SMILES string of the molecule is Cc1ccc(NC(C)C(=O)Nc2ccc(Cl)cc2F)cc1C. The Balaban J connectivity index is 2.04. The number of hydrogen-bond donors (Lipinski definition) is 2. The average molecular weight is 321 g/mol. The molecule has 2 aromatic carbocycles. The van der Waals surface area contributed by atoms with Crippen molar-refractivity contribution in [3.63, 3.8) is 0 Å². The van der Waals surface area contributed by atoms with Gasteiger partial charge in [-0.2, -0.15) is 0 Å². The summed E-state index contributed by atoms with van der Waals surface area (Å²) in [6.45, 7) is 5.76. The van der Waals surface area contributed by atoms with Gasteiger partial charge in [-0.05, 0) is 62.2 Å². The van der Waals surface area contributed by atoms with Crippen molar-refractivity contribution in [2.24, 2.45) is 0 Å². The van der Waals surface area contributed by atoms with Crippen LogP contribution in [0.25, 0.3) is 0 Å². The van der Waals surface area contributed by atoms with Crippen LogP contribution in [0.1, 0.15) is 18.1 Å². The van der Waals surface area contributed by atoms with Crippen LogP contribution in [0.2, 0.25) is 5.02 Å². The van der Waals surface area contributed by atoms with Gasteiger partial charge in [0, 0.05) is 10.7 Å². The highest BCUT2D eigenvalue weighted by molar-refractivity contribution is 6.30. The molecule has 3 nitrogen and oxygen atoms in total. The fraction of sp³-hybridized carbons (Fsp3) is 0.235. The van der Waals surface area contributed by atoms with Crippen molar-refractivity contribution in [1.29, 1.82) is 0 Å². The number of benzene rings is 2. The van der Waals surface area contributed by atoms with Gasteiger partial charge in [-0.1, -0.05) is 17.7 Å². The molecule has 116 valence electrons. The maximum atomic E-state index is 13.7. The second-order valence-corrected chi connectivity index (χ2v) is 5.71. The Hall–Kier alpha value is -2.07. The predicted molar refractivity (Wildman–Crippen MR) is 89.0 cm³/mol. The van der Waals surface area contributed by atoms with E-state index in [0.29, 0.717) is 0 Å². The second-order valence-electron chi connectivity index (χ2n) is 5.28. The first-order valence-electron chi connectivity index (χ1n) is 6.96. The number of aryl methyl sites for hydroxylation is 2. The van der Waals surface area contributed by atoms with Gasteiger partial charge in [-0.3, -0.25) is 4.79 Å². The van der Waals surface area contributed by atoms with Gasteiger partial charge in [0.2, 0.25) is 5.91 Å². The van der Waals surface area contributed by atoms with Gasteiger partial charge in [0.15, 0.2) is 0 Å². The summed E-state index contributed by atoms with van der Waals surface area (Å²) >= 11 is 5.69. The molecule has 2 rings (SSSR count). The summed E-state index contributed by atoms with van der Waals surface area (Å²) in [5.74, 6) is -0.876. The van der Waals surface area contributed by atoms with E-state index in [1.54, 1.807) is 6.92 Å². The number of nitrogens with one attached hydrogen (secondary N) is 2. The molecule has 0 aliphatic heterocycles. The summed E-state index contributed by atoms with van der Waals surface area (Å²) in [7, 11) is 0. The number of amides is 1. The van der Waals surface area contributed by atoms with Crippen molar-refractivity contribution in [1.82, 2.24) is 0 Å².